The number of methoxy groups -OCH3 is 1. The lowest BCUT2D eigenvalue weighted by Crippen LogP contribution is -2.37. The molecule has 1 N–H and O–H groups in total. The Bertz CT molecular complexity index is 859. The number of hydrogen-bond acceptors (Lipinski definition) is 4. The number of likely N-dealkylation sites (tertiary alicyclic amines) is 1. The van der Waals surface area contributed by atoms with E-state index in [4.69, 9.17) is 9.47 Å². The maximum absolute atomic E-state index is 13.1. The molecule has 0 unspecified atom stereocenters. The lowest BCUT2D eigenvalue weighted by molar-refractivity contribution is -0.125. The molecule has 6 heteroatoms. The van der Waals surface area contributed by atoms with Gasteiger partial charge in [-0.3, -0.25) is 4.79 Å². The predicted octanol–water partition coefficient (Wildman–Crippen LogP) is 3.96. The normalized spacial score (nSPS) is 18.7. The summed E-state index contributed by atoms with van der Waals surface area (Å²) in [6.07, 6.45) is -0.389. The highest BCUT2D eigenvalue weighted by molar-refractivity contribution is 5.82. The lowest BCUT2D eigenvalue weighted by atomic mass is 9.88. The number of rotatable bonds is 5. The molecule has 160 valence electrons. The van der Waals surface area contributed by atoms with Gasteiger partial charge in [0.25, 0.3) is 0 Å². The zero-order valence-corrected chi connectivity index (χ0v) is 18.1. The van der Waals surface area contributed by atoms with E-state index in [2.05, 4.69) is 5.32 Å². The molecule has 6 nitrogen and oxygen atoms in total. The van der Waals surface area contributed by atoms with Crippen LogP contribution in [0.25, 0.3) is 0 Å². The molecule has 2 atom stereocenters. The highest BCUT2D eigenvalue weighted by atomic mass is 16.6. The molecule has 0 aromatic heterocycles. The van der Waals surface area contributed by atoms with Gasteiger partial charge in [0.15, 0.2) is 0 Å². The van der Waals surface area contributed by atoms with Crippen LogP contribution in [0.15, 0.2) is 54.6 Å². The third-order valence-corrected chi connectivity index (χ3v) is 5.16. The molecule has 1 heterocycles. The SMILES string of the molecule is COc1ccc([C@@H]2CN(C(=O)OC(C)(C)C)C[C@@H]2C(=O)NCc2ccccc2)cc1. The Hall–Kier alpha value is -3.02. The minimum Gasteiger partial charge on any atom is -0.497 e. The molecule has 3 rings (SSSR count). The van der Waals surface area contributed by atoms with Crippen molar-refractivity contribution in [1.82, 2.24) is 10.2 Å². The molecule has 0 aliphatic carbocycles. The second kappa shape index (κ2) is 9.20. The van der Waals surface area contributed by atoms with E-state index in [0.29, 0.717) is 19.6 Å². The van der Waals surface area contributed by atoms with Gasteiger partial charge in [0.2, 0.25) is 5.91 Å². The number of ether oxygens (including phenoxy) is 2. The first kappa shape index (κ1) is 21.7. The largest absolute Gasteiger partial charge is 0.497 e. The fraction of sp³-hybridized carbons (Fsp3) is 0.417. The molecule has 2 amide bonds. The zero-order chi connectivity index (χ0) is 21.7. The second-order valence-corrected chi connectivity index (χ2v) is 8.57. The van der Waals surface area contributed by atoms with Gasteiger partial charge in [-0.05, 0) is 44.0 Å². The van der Waals surface area contributed by atoms with Crippen LogP contribution in [0.3, 0.4) is 0 Å². The number of nitrogens with zero attached hydrogens (tertiary/aromatic N) is 1. The Morgan fingerprint density at radius 1 is 1.03 bits per heavy atom. The smallest absolute Gasteiger partial charge is 0.410 e. The summed E-state index contributed by atoms with van der Waals surface area (Å²) in [7, 11) is 1.62. The van der Waals surface area contributed by atoms with Crippen LogP contribution in [0.1, 0.15) is 37.8 Å². The van der Waals surface area contributed by atoms with Crippen LogP contribution in [-0.2, 0) is 16.1 Å². The van der Waals surface area contributed by atoms with Gasteiger partial charge in [-0.15, -0.1) is 0 Å². The molecular formula is C24H30N2O4. The third-order valence-electron chi connectivity index (χ3n) is 5.16. The minimum absolute atomic E-state index is 0.0641. The minimum atomic E-state index is -0.583. The first-order chi connectivity index (χ1) is 14.3. The Morgan fingerprint density at radius 3 is 2.30 bits per heavy atom. The number of carbonyl (C=O) groups is 2. The molecule has 1 aliphatic heterocycles. The van der Waals surface area contributed by atoms with E-state index in [1.807, 2.05) is 75.4 Å². The van der Waals surface area contributed by atoms with Crippen molar-refractivity contribution in [3.63, 3.8) is 0 Å². The van der Waals surface area contributed by atoms with Gasteiger partial charge in [0.1, 0.15) is 11.4 Å². The molecule has 0 radical (unpaired) electrons. The van der Waals surface area contributed by atoms with Gasteiger partial charge >= 0.3 is 6.09 Å². The quantitative estimate of drug-likeness (QED) is 0.810. The average molecular weight is 411 g/mol. The van der Waals surface area contributed by atoms with Gasteiger partial charge in [0.05, 0.1) is 13.0 Å². The number of nitrogens with one attached hydrogen (secondary N) is 1. The van der Waals surface area contributed by atoms with Crippen molar-refractivity contribution in [3.05, 3.63) is 65.7 Å². The van der Waals surface area contributed by atoms with Crippen molar-refractivity contribution in [2.45, 2.75) is 38.8 Å². The van der Waals surface area contributed by atoms with Crippen molar-refractivity contribution >= 4 is 12.0 Å². The molecule has 2 aromatic carbocycles. The van der Waals surface area contributed by atoms with Gasteiger partial charge in [-0.25, -0.2) is 4.79 Å². The lowest BCUT2D eigenvalue weighted by Gasteiger charge is -2.24. The van der Waals surface area contributed by atoms with Crippen molar-refractivity contribution in [2.75, 3.05) is 20.2 Å². The summed E-state index contributed by atoms with van der Waals surface area (Å²) >= 11 is 0. The first-order valence-electron chi connectivity index (χ1n) is 10.2. The molecule has 1 fully saturated rings. The number of benzene rings is 2. The van der Waals surface area contributed by atoms with Gasteiger partial charge in [-0.1, -0.05) is 42.5 Å². The standard InChI is InChI=1S/C24H30N2O4/c1-24(2,3)30-23(28)26-15-20(18-10-12-19(29-4)13-11-18)21(16-26)22(27)25-14-17-8-6-5-7-9-17/h5-13,20-21H,14-16H2,1-4H3,(H,25,27)/t20-,21-/m0/s1. The second-order valence-electron chi connectivity index (χ2n) is 8.57. The van der Waals surface area contributed by atoms with E-state index in [9.17, 15) is 9.59 Å². The van der Waals surface area contributed by atoms with E-state index in [0.717, 1.165) is 16.9 Å². The molecule has 1 saturated heterocycles. The van der Waals surface area contributed by atoms with Crippen LogP contribution in [0.5, 0.6) is 5.75 Å². The summed E-state index contributed by atoms with van der Waals surface area (Å²) < 4.78 is 10.8. The van der Waals surface area contributed by atoms with Crippen molar-refractivity contribution in [2.24, 2.45) is 5.92 Å². The van der Waals surface area contributed by atoms with E-state index < -0.39 is 5.60 Å². The highest BCUT2D eigenvalue weighted by Gasteiger charge is 2.41. The van der Waals surface area contributed by atoms with Crippen LogP contribution in [-0.4, -0.2) is 42.7 Å². The summed E-state index contributed by atoms with van der Waals surface area (Å²) in [4.78, 5) is 27.3. The van der Waals surface area contributed by atoms with Crippen molar-refractivity contribution in [1.29, 1.82) is 0 Å². The van der Waals surface area contributed by atoms with Crippen LogP contribution in [0, 0.1) is 5.92 Å². The van der Waals surface area contributed by atoms with E-state index in [1.54, 1.807) is 12.0 Å². The fourth-order valence-corrected chi connectivity index (χ4v) is 3.65. The van der Waals surface area contributed by atoms with Crippen LogP contribution < -0.4 is 10.1 Å². The molecular weight excluding hydrogens is 380 g/mol. The number of amides is 2. The Balaban J connectivity index is 1.76. The monoisotopic (exact) mass is 410 g/mol. The van der Waals surface area contributed by atoms with Gasteiger partial charge < -0.3 is 19.7 Å². The van der Waals surface area contributed by atoms with E-state index >= 15 is 0 Å². The van der Waals surface area contributed by atoms with Crippen LogP contribution in [0.4, 0.5) is 4.79 Å². The molecule has 0 saturated carbocycles. The van der Waals surface area contributed by atoms with Crippen molar-refractivity contribution < 1.29 is 19.1 Å². The fourth-order valence-electron chi connectivity index (χ4n) is 3.65. The third kappa shape index (κ3) is 5.53. The van der Waals surface area contributed by atoms with Crippen LogP contribution >= 0.6 is 0 Å². The van der Waals surface area contributed by atoms with E-state index in [-0.39, 0.29) is 23.8 Å². The highest BCUT2D eigenvalue weighted by Crippen LogP contribution is 2.34. The predicted molar refractivity (Wildman–Crippen MR) is 115 cm³/mol. The summed E-state index contributed by atoms with van der Waals surface area (Å²) in [6, 6.07) is 17.5. The van der Waals surface area contributed by atoms with Crippen LogP contribution in [0.2, 0.25) is 0 Å². The molecule has 2 aromatic rings. The Morgan fingerprint density at radius 2 is 1.70 bits per heavy atom. The Labute approximate surface area is 178 Å². The topological polar surface area (TPSA) is 67.9 Å². The van der Waals surface area contributed by atoms with Gasteiger partial charge in [-0.2, -0.15) is 0 Å². The summed E-state index contributed by atoms with van der Waals surface area (Å²) in [6.45, 7) is 6.73. The zero-order valence-electron chi connectivity index (χ0n) is 18.1. The molecule has 0 spiro atoms. The average Bonchev–Trinajstić information content (AvgIpc) is 3.17. The molecule has 0 bridgehead atoms. The van der Waals surface area contributed by atoms with Gasteiger partial charge in [0, 0.05) is 25.6 Å². The number of hydrogen-bond donors (Lipinski definition) is 1. The summed E-state index contributed by atoms with van der Waals surface area (Å²) in [5.41, 5.74) is 1.45. The molecule has 1 aliphatic rings. The molecule has 30 heavy (non-hydrogen) atoms. The summed E-state index contributed by atoms with van der Waals surface area (Å²) in [5.74, 6) is 0.227. The number of carbonyl (C=O) groups excluding carboxylic acids is 2. The first-order valence-corrected chi connectivity index (χ1v) is 10.2. The van der Waals surface area contributed by atoms with E-state index in [1.165, 1.54) is 0 Å². The van der Waals surface area contributed by atoms with Crippen molar-refractivity contribution in [3.8, 4) is 5.75 Å². The Kier molecular flexibility index (Phi) is 6.65. The maximum Gasteiger partial charge on any atom is 0.410 e. The maximum atomic E-state index is 13.1. The summed E-state index contributed by atoms with van der Waals surface area (Å²) in [5, 5.41) is 3.03.